The van der Waals surface area contributed by atoms with Gasteiger partial charge in [-0.2, -0.15) is 0 Å². The van der Waals surface area contributed by atoms with Crippen molar-refractivity contribution in [2.24, 2.45) is 17.4 Å². The summed E-state index contributed by atoms with van der Waals surface area (Å²) in [5.74, 6) is -4.69. The van der Waals surface area contributed by atoms with Crippen molar-refractivity contribution in [2.75, 3.05) is 6.61 Å². The lowest BCUT2D eigenvalue weighted by atomic mass is 10.0. The van der Waals surface area contributed by atoms with Crippen molar-refractivity contribution in [3.8, 4) is 0 Å². The van der Waals surface area contributed by atoms with E-state index >= 15 is 0 Å². The second kappa shape index (κ2) is 11.9. The van der Waals surface area contributed by atoms with Crippen LogP contribution in [0.4, 0.5) is 0 Å². The first-order chi connectivity index (χ1) is 12.9. The van der Waals surface area contributed by atoms with Crippen LogP contribution in [0, 0.1) is 5.92 Å². The average molecular weight is 403 g/mol. The van der Waals surface area contributed by atoms with Crippen LogP contribution in [0.5, 0.6) is 0 Å². The molecule has 28 heavy (non-hydrogen) atoms. The van der Waals surface area contributed by atoms with Gasteiger partial charge in [0.2, 0.25) is 23.6 Å². The molecule has 4 amide bonds. The standard InChI is InChI=1S/C16H29N5O7/c1-7(2)4-10(20-13(24)9(17)6-22)15(26)21-11(5-12(18)23)14(25)19-8(3)16(27)28/h7-11,22H,4-6,17H2,1-3H3,(H2,18,23)(H,19,25)(H,20,24)(H,21,26)(H,27,28). The van der Waals surface area contributed by atoms with Crippen LogP contribution in [0.3, 0.4) is 0 Å². The van der Waals surface area contributed by atoms with Crippen molar-refractivity contribution in [3.05, 3.63) is 0 Å². The molecule has 160 valence electrons. The second-order valence-corrected chi connectivity index (χ2v) is 6.78. The van der Waals surface area contributed by atoms with Crippen molar-refractivity contribution in [1.29, 1.82) is 0 Å². The zero-order chi connectivity index (χ0) is 22.0. The van der Waals surface area contributed by atoms with Crippen molar-refractivity contribution >= 4 is 29.6 Å². The van der Waals surface area contributed by atoms with E-state index in [0.717, 1.165) is 0 Å². The largest absolute Gasteiger partial charge is 0.480 e. The smallest absolute Gasteiger partial charge is 0.325 e. The molecule has 0 rings (SSSR count). The van der Waals surface area contributed by atoms with Crippen LogP contribution < -0.4 is 27.4 Å². The first kappa shape index (κ1) is 25.3. The van der Waals surface area contributed by atoms with Gasteiger partial charge in [0, 0.05) is 0 Å². The number of nitrogens with one attached hydrogen (secondary N) is 3. The first-order valence-electron chi connectivity index (χ1n) is 8.67. The first-order valence-corrected chi connectivity index (χ1v) is 8.67. The molecule has 0 radical (unpaired) electrons. The third kappa shape index (κ3) is 9.28. The molecule has 0 bridgehead atoms. The number of hydrogen-bond acceptors (Lipinski definition) is 7. The van der Waals surface area contributed by atoms with Gasteiger partial charge in [0.15, 0.2) is 0 Å². The highest BCUT2D eigenvalue weighted by Crippen LogP contribution is 2.06. The minimum Gasteiger partial charge on any atom is -0.480 e. The lowest BCUT2D eigenvalue weighted by molar-refractivity contribution is -0.142. The number of primary amides is 1. The van der Waals surface area contributed by atoms with Gasteiger partial charge in [-0.1, -0.05) is 13.8 Å². The Bertz CT molecular complexity index is 596. The molecule has 0 heterocycles. The van der Waals surface area contributed by atoms with E-state index in [1.165, 1.54) is 6.92 Å². The zero-order valence-corrected chi connectivity index (χ0v) is 16.1. The highest BCUT2D eigenvalue weighted by atomic mass is 16.4. The number of carboxylic acids is 1. The summed E-state index contributed by atoms with van der Waals surface area (Å²) in [7, 11) is 0. The molecule has 12 nitrogen and oxygen atoms in total. The van der Waals surface area contributed by atoms with E-state index < -0.39 is 66.8 Å². The van der Waals surface area contributed by atoms with Crippen LogP contribution in [-0.2, 0) is 24.0 Å². The maximum atomic E-state index is 12.6. The minimum atomic E-state index is -1.43. The van der Waals surface area contributed by atoms with E-state index in [2.05, 4.69) is 16.0 Å². The van der Waals surface area contributed by atoms with Gasteiger partial charge in [0.1, 0.15) is 24.2 Å². The third-order valence-corrected chi connectivity index (χ3v) is 3.64. The van der Waals surface area contributed by atoms with E-state index in [1.807, 2.05) is 0 Å². The van der Waals surface area contributed by atoms with Crippen LogP contribution in [-0.4, -0.2) is 70.6 Å². The molecule has 9 N–H and O–H groups in total. The summed E-state index contributed by atoms with van der Waals surface area (Å²) in [5.41, 5.74) is 10.5. The highest BCUT2D eigenvalue weighted by Gasteiger charge is 2.30. The summed E-state index contributed by atoms with van der Waals surface area (Å²) >= 11 is 0. The van der Waals surface area contributed by atoms with Crippen molar-refractivity contribution in [1.82, 2.24) is 16.0 Å². The fraction of sp³-hybridized carbons (Fsp3) is 0.688. The van der Waals surface area contributed by atoms with Gasteiger partial charge < -0.3 is 37.6 Å². The maximum Gasteiger partial charge on any atom is 0.325 e. The third-order valence-electron chi connectivity index (χ3n) is 3.64. The number of aliphatic carboxylic acids is 1. The van der Waals surface area contributed by atoms with E-state index in [4.69, 9.17) is 21.7 Å². The molecule has 0 aromatic carbocycles. The van der Waals surface area contributed by atoms with E-state index in [0.29, 0.717) is 0 Å². The number of hydrogen-bond donors (Lipinski definition) is 7. The van der Waals surface area contributed by atoms with Gasteiger partial charge >= 0.3 is 5.97 Å². The Morgan fingerprint density at radius 1 is 0.893 bits per heavy atom. The quantitative estimate of drug-likeness (QED) is 0.175. The average Bonchev–Trinajstić information content (AvgIpc) is 2.58. The van der Waals surface area contributed by atoms with Crippen LogP contribution in [0.15, 0.2) is 0 Å². The lowest BCUT2D eigenvalue weighted by Gasteiger charge is -2.25. The van der Waals surface area contributed by atoms with Gasteiger partial charge in [-0.3, -0.25) is 24.0 Å². The number of nitrogens with two attached hydrogens (primary N) is 2. The molecule has 0 saturated carbocycles. The molecule has 4 atom stereocenters. The number of rotatable bonds is 12. The van der Waals surface area contributed by atoms with Gasteiger partial charge in [0.25, 0.3) is 0 Å². The SMILES string of the molecule is CC(C)CC(NC(=O)C(N)CO)C(=O)NC(CC(N)=O)C(=O)NC(C)C(=O)O. The summed E-state index contributed by atoms with van der Waals surface area (Å²) in [6.45, 7) is 4.17. The summed E-state index contributed by atoms with van der Waals surface area (Å²) in [6, 6.07) is -5.01. The Morgan fingerprint density at radius 3 is 1.82 bits per heavy atom. The molecular weight excluding hydrogens is 374 g/mol. The zero-order valence-electron chi connectivity index (χ0n) is 16.1. The molecule has 4 unspecified atom stereocenters. The van der Waals surface area contributed by atoms with Gasteiger partial charge in [-0.25, -0.2) is 0 Å². The second-order valence-electron chi connectivity index (χ2n) is 6.78. The summed E-state index contributed by atoms with van der Waals surface area (Å²) in [4.78, 5) is 58.8. The van der Waals surface area contributed by atoms with Crippen molar-refractivity contribution < 1.29 is 34.2 Å². The van der Waals surface area contributed by atoms with Gasteiger partial charge in [-0.05, 0) is 19.3 Å². The van der Waals surface area contributed by atoms with Crippen LogP contribution in [0.25, 0.3) is 0 Å². The molecule has 0 aromatic rings. The molecule has 0 aliphatic heterocycles. The Kier molecular flexibility index (Phi) is 10.7. The monoisotopic (exact) mass is 403 g/mol. The molecule has 0 spiro atoms. The Morgan fingerprint density at radius 2 is 1.39 bits per heavy atom. The fourth-order valence-electron chi connectivity index (χ4n) is 2.12. The number of aliphatic hydroxyl groups excluding tert-OH is 1. The van der Waals surface area contributed by atoms with Gasteiger partial charge in [0.05, 0.1) is 13.0 Å². The molecule has 12 heteroatoms. The van der Waals surface area contributed by atoms with E-state index in [1.54, 1.807) is 13.8 Å². The maximum absolute atomic E-state index is 12.6. The van der Waals surface area contributed by atoms with Gasteiger partial charge in [-0.15, -0.1) is 0 Å². The summed E-state index contributed by atoms with van der Waals surface area (Å²) < 4.78 is 0. The summed E-state index contributed by atoms with van der Waals surface area (Å²) in [5, 5.41) is 24.6. The number of aliphatic hydroxyl groups is 1. The molecule has 0 fully saturated rings. The number of carbonyl (C=O) groups excluding carboxylic acids is 4. The molecule has 0 aliphatic carbocycles. The van der Waals surface area contributed by atoms with Crippen LogP contribution in [0.2, 0.25) is 0 Å². The van der Waals surface area contributed by atoms with E-state index in [-0.39, 0.29) is 12.3 Å². The minimum absolute atomic E-state index is 0.0307. The highest BCUT2D eigenvalue weighted by molar-refractivity contribution is 5.96. The fourth-order valence-corrected chi connectivity index (χ4v) is 2.12. The molecule has 0 saturated heterocycles. The van der Waals surface area contributed by atoms with Crippen LogP contribution in [0.1, 0.15) is 33.6 Å². The Hall–Kier alpha value is -2.73. The molecule has 0 aliphatic rings. The Labute approximate surface area is 162 Å². The molecule has 0 aromatic heterocycles. The predicted octanol–water partition coefficient (Wildman–Crippen LogP) is -3.21. The van der Waals surface area contributed by atoms with Crippen LogP contribution >= 0.6 is 0 Å². The topological polar surface area (TPSA) is 214 Å². The number of carboxylic acid groups (broad SMARTS) is 1. The normalized spacial score (nSPS) is 15.1. The lowest BCUT2D eigenvalue weighted by Crippen LogP contribution is -2.58. The Balaban J connectivity index is 5.32. The van der Waals surface area contributed by atoms with Crippen molar-refractivity contribution in [3.63, 3.8) is 0 Å². The number of amides is 4. The van der Waals surface area contributed by atoms with Crippen molar-refractivity contribution in [2.45, 2.75) is 57.8 Å². The predicted molar refractivity (Wildman–Crippen MR) is 97.4 cm³/mol. The number of carbonyl (C=O) groups is 5. The molecular formula is C16H29N5O7. The van der Waals surface area contributed by atoms with E-state index in [9.17, 15) is 24.0 Å². The summed E-state index contributed by atoms with van der Waals surface area (Å²) in [6.07, 6.45) is -0.380.